The second kappa shape index (κ2) is 10.7. The smallest absolute Gasteiger partial charge is 0.245 e. The first-order valence-corrected chi connectivity index (χ1v) is 16.6. The number of nitrogens with one attached hydrogen (secondary N) is 2. The summed E-state index contributed by atoms with van der Waals surface area (Å²) in [6.07, 6.45) is 5.65. The van der Waals surface area contributed by atoms with E-state index in [1.807, 2.05) is 0 Å². The van der Waals surface area contributed by atoms with Crippen molar-refractivity contribution in [1.29, 1.82) is 0 Å². The molecule has 0 radical (unpaired) electrons. The van der Waals surface area contributed by atoms with E-state index in [2.05, 4.69) is 15.3 Å². The molecule has 1 spiro atoms. The van der Waals surface area contributed by atoms with Gasteiger partial charge in [0, 0.05) is 43.5 Å². The molecule has 0 bridgehead atoms. The zero-order valence-corrected chi connectivity index (χ0v) is 23.7. The number of ether oxygens (including phenoxy) is 2. The standard InChI is InChI=1S/C27H34N4O7S2/c32-20(18-37-21-3-1-4-23(13-21)39(33,34)22-6-7-22)15-29-19-14-27(38-17-19)8-11-31(12-9-27)40(35,36)25-16-30-26-24(25)5-2-10-28-26/h1-5,10,13,16,19-20,22,29,32H,6-9,11-12,14-15,17-18H2,(H,28,30)/t19-,20?/m1/s1. The Kier molecular flexibility index (Phi) is 7.38. The minimum Gasteiger partial charge on any atom is -0.491 e. The Hall–Kier alpha value is -2.55. The average molecular weight is 591 g/mol. The molecule has 40 heavy (non-hydrogen) atoms. The minimum atomic E-state index is -3.66. The summed E-state index contributed by atoms with van der Waals surface area (Å²) < 4.78 is 65.0. The van der Waals surface area contributed by atoms with Crippen molar-refractivity contribution >= 4 is 30.9 Å². The van der Waals surface area contributed by atoms with Crippen LogP contribution < -0.4 is 10.1 Å². The topological polar surface area (TPSA) is 151 Å². The Bertz CT molecular complexity index is 1580. The summed E-state index contributed by atoms with van der Waals surface area (Å²) >= 11 is 0. The average Bonchev–Trinajstić information content (AvgIpc) is 3.62. The highest BCUT2D eigenvalue weighted by Gasteiger charge is 2.45. The summed E-state index contributed by atoms with van der Waals surface area (Å²) in [6, 6.07) is 9.94. The van der Waals surface area contributed by atoms with Gasteiger partial charge in [0.15, 0.2) is 9.84 Å². The molecule has 6 rings (SSSR count). The number of nitrogens with zero attached hydrogens (tertiary/aromatic N) is 2. The molecule has 2 saturated heterocycles. The number of aromatic amines is 1. The molecule has 2 aliphatic heterocycles. The number of H-pyrrole nitrogens is 1. The van der Waals surface area contributed by atoms with E-state index in [0.717, 1.165) is 6.42 Å². The van der Waals surface area contributed by atoms with Gasteiger partial charge in [0.05, 0.1) is 22.4 Å². The predicted molar refractivity (Wildman–Crippen MR) is 147 cm³/mol. The Morgan fingerprint density at radius 1 is 1.18 bits per heavy atom. The van der Waals surface area contributed by atoms with Crippen LogP contribution in [0.2, 0.25) is 0 Å². The Morgan fingerprint density at radius 2 is 1.98 bits per heavy atom. The lowest BCUT2D eigenvalue weighted by Gasteiger charge is -2.37. The van der Waals surface area contributed by atoms with Gasteiger partial charge < -0.3 is 24.9 Å². The number of aliphatic hydroxyl groups excluding tert-OH is 1. The molecule has 2 atom stereocenters. The maximum absolute atomic E-state index is 13.3. The minimum absolute atomic E-state index is 0.0226. The monoisotopic (exact) mass is 590 g/mol. The number of hydrogen-bond donors (Lipinski definition) is 3. The number of sulfonamides is 1. The largest absolute Gasteiger partial charge is 0.491 e. The normalized spacial score (nSPS) is 22.6. The van der Waals surface area contributed by atoms with E-state index in [9.17, 15) is 21.9 Å². The Morgan fingerprint density at radius 3 is 2.75 bits per heavy atom. The Balaban J connectivity index is 0.972. The summed E-state index contributed by atoms with van der Waals surface area (Å²) in [5.74, 6) is 0.412. The number of aliphatic hydroxyl groups is 1. The van der Waals surface area contributed by atoms with Crippen LogP contribution in [-0.2, 0) is 24.6 Å². The lowest BCUT2D eigenvalue weighted by molar-refractivity contribution is -0.0312. The van der Waals surface area contributed by atoms with Gasteiger partial charge in [0.1, 0.15) is 29.0 Å². The molecule has 3 aliphatic rings. The number of aromatic nitrogens is 2. The first-order valence-electron chi connectivity index (χ1n) is 13.6. The fourth-order valence-electron chi connectivity index (χ4n) is 5.61. The predicted octanol–water partition coefficient (Wildman–Crippen LogP) is 1.84. The van der Waals surface area contributed by atoms with Gasteiger partial charge in [0.2, 0.25) is 10.0 Å². The first-order chi connectivity index (χ1) is 19.2. The third kappa shape index (κ3) is 5.50. The fraction of sp³-hybridized carbons (Fsp3) is 0.519. The van der Waals surface area contributed by atoms with Crippen molar-refractivity contribution in [3.8, 4) is 5.75 Å². The highest BCUT2D eigenvalue weighted by atomic mass is 32.2. The third-order valence-corrected chi connectivity index (χ3v) is 12.3. The first kappa shape index (κ1) is 27.6. The third-order valence-electron chi connectivity index (χ3n) is 8.06. The van der Waals surface area contributed by atoms with Crippen molar-refractivity contribution in [2.45, 2.75) is 64.9 Å². The number of benzene rings is 1. The van der Waals surface area contributed by atoms with E-state index in [-0.39, 0.29) is 33.3 Å². The van der Waals surface area contributed by atoms with Crippen LogP contribution in [0, 0.1) is 0 Å². The highest BCUT2D eigenvalue weighted by Crippen LogP contribution is 2.38. The number of piperidine rings is 1. The lowest BCUT2D eigenvalue weighted by Crippen LogP contribution is -2.47. The van der Waals surface area contributed by atoms with Gasteiger partial charge in [-0.05, 0) is 62.4 Å². The van der Waals surface area contributed by atoms with Gasteiger partial charge in [-0.2, -0.15) is 4.31 Å². The second-order valence-electron chi connectivity index (χ2n) is 10.9. The maximum Gasteiger partial charge on any atom is 0.245 e. The van der Waals surface area contributed by atoms with Gasteiger partial charge in [-0.15, -0.1) is 0 Å². The molecule has 1 aromatic carbocycles. The molecule has 1 saturated carbocycles. The molecule has 0 amide bonds. The van der Waals surface area contributed by atoms with Gasteiger partial charge >= 0.3 is 0 Å². The van der Waals surface area contributed by atoms with Gasteiger partial charge in [0.25, 0.3) is 0 Å². The Labute approximate surface area is 233 Å². The maximum atomic E-state index is 13.3. The summed E-state index contributed by atoms with van der Waals surface area (Å²) in [6.45, 7) is 1.53. The molecule has 2 aromatic heterocycles. The van der Waals surface area contributed by atoms with Crippen molar-refractivity contribution in [2.75, 3.05) is 32.8 Å². The molecule has 1 unspecified atom stereocenters. The lowest BCUT2D eigenvalue weighted by atomic mass is 9.88. The van der Waals surface area contributed by atoms with Crippen LogP contribution in [0.5, 0.6) is 5.75 Å². The van der Waals surface area contributed by atoms with Crippen LogP contribution >= 0.6 is 0 Å². The van der Waals surface area contributed by atoms with E-state index < -0.39 is 26.0 Å². The summed E-state index contributed by atoms with van der Waals surface area (Å²) in [4.78, 5) is 7.63. The zero-order valence-electron chi connectivity index (χ0n) is 22.0. The van der Waals surface area contributed by atoms with Crippen LogP contribution in [0.4, 0.5) is 0 Å². The number of sulfone groups is 1. The van der Waals surface area contributed by atoms with E-state index >= 15 is 0 Å². The number of pyridine rings is 1. The van der Waals surface area contributed by atoms with Gasteiger partial charge in [-0.25, -0.2) is 21.8 Å². The van der Waals surface area contributed by atoms with Crippen molar-refractivity contribution in [3.63, 3.8) is 0 Å². The van der Waals surface area contributed by atoms with Crippen LogP contribution in [0.25, 0.3) is 11.0 Å². The van der Waals surface area contributed by atoms with Gasteiger partial charge in [-0.3, -0.25) is 0 Å². The van der Waals surface area contributed by atoms with E-state index in [4.69, 9.17) is 9.47 Å². The number of fused-ring (bicyclic) bond motifs is 1. The molecular weight excluding hydrogens is 556 g/mol. The zero-order chi connectivity index (χ0) is 28.0. The number of rotatable bonds is 10. The quantitative estimate of drug-likeness (QED) is 0.321. The molecule has 216 valence electrons. The van der Waals surface area contributed by atoms with Crippen LogP contribution in [0.3, 0.4) is 0 Å². The van der Waals surface area contributed by atoms with Gasteiger partial charge in [-0.1, -0.05) is 6.07 Å². The van der Waals surface area contributed by atoms with Crippen molar-refractivity contribution in [3.05, 3.63) is 48.8 Å². The van der Waals surface area contributed by atoms with Crippen molar-refractivity contribution in [2.24, 2.45) is 0 Å². The van der Waals surface area contributed by atoms with Crippen LogP contribution in [0.1, 0.15) is 32.1 Å². The van der Waals surface area contributed by atoms with Crippen molar-refractivity contribution < 1.29 is 31.4 Å². The van der Waals surface area contributed by atoms with Crippen molar-refractivity contribution in [1.82, 2.24) is 19.6 Å². The SMILES string of the molecule is O=S(=O)(c1cccc(OCC(O)CN[C@H]2COC3(CCN(S(=O)(=O)c4c[nH]c5ncccc45)CC3)C2)c1)C1CC1. The molecule has 1 aliphatic carbocycles. The van der Waals surface area contributed by atoms with E-state index in [1.54, 1.807) is 36.5 Å². The summed E-state index contributed by atoms with van der Waals surface area (Å²) in [7, 11) is -6.96. The molecule has 13 heteroatoms. The number of hydrogen-bond acceptors (Lipinski definition) is 9. The summed E-state index contributed by atoms with van der Waals surface area (Å²) in [5, 5.41) is 14.1. The molecular formula is C27H34N4O7S2. The highest BCUT2D eigenvalue weighted by molar-refractivity contribution is 7.92. The summed E-state index contributed by atoms with van der Waals surface area (Å²) in [5.41, 5.74) is 0.158. The molecule has 3 aromatic rings. The molecule has 11 nitrogen and oxygen atoms in total. The molecule has 4 heterocycles. The van der Waals surface area contributed by atoms with E-state index in [0.29, 0.717) is 68.7 Å². The second-order valence-corrected chi connectivity index (χ2v) is 15.1. The molecule has 3 fully saturated rings. The molecule has 3 N–H and O–H groups in total. The van der Waals surface area contributed by atoms with Crippen LogP contribution in [-0.4, -0.2) is 92.1 Å². The fourth-order valence-corrected chi connectivity index (χ4v) is 8.89. The van der Waals surface area contributed by atoms with Crippen LogP contribution in [0.15, 0.2) is 58.6 Å². The van der Waals surface area contributed by atoms with E-state index in [1.165, 1.54) is 16.6 Å².